The van der Waals surface area contributed by atoms with E-state index in [0.29, 0.717) is 0 Å². The van der Waals surface area contributed by atoms with Crippen molar-refractivity contribution in [3.8, 4) is 0 Å². The molecule has 4 nitrogen and oxygen atoms in total. The van der Waals surface area contributed by atoms with E-state index < -0.39 is 0 Å². The van der Waals surface area contributed by atoms with Crippen molar-refractivity contribution in [1.82, 2.24) is 19.8 Å². The topological polar surface area (TPSA) is 33.1 Å². The van der Waals surface area contributed by atoms with Gasteiger partial charge in [0.05, 0.1) is 12.0 Å². The molecule has 0 spiro atoms. The first-order valence-electron chi connectivity index (χ1n) is 7.72. The lowest BCUT2D eigenvalue weighted by atomic mass is 9.99. The van der Waals surface area contributed by atoms with Crippen LogP contribution in [0.4, 0.5) is 0 Å². The van der Waals surface area contributed by atoms with E-state index in [9.17, 15) is 0 Å². The van der Waals surface area contributed by atoms with E-state index in [1.54, 1.807) is 0 Å². The Morgan fingerprint density at radius 2 is 2.32 bits per heavy atom. The number of aromatic nitrogens is 2. The highest BCUT2D eigenvalue weighted by Crippen LogP contribution is 2.21. The molecule has 0 bridgehead atoms. The van der Waals surface area contributed by atoms with Crippen molar-refractivity contribution in [3.63, 3.8) is 0 Å². The second-order valence-electron chi connectivity index (χ2n) is 5.59. The minimum Gasteiger partial charge on any atom is -0.333 e. The lowest BCUT2D eigenvalue weighted by Gasteiger charge is -2.35. The predicted molar refractivity (Wildman–Crippen MR) is 79.1 cm³/mol. The highest BCUT2D eigenvalue weighted by molar-refractivity contribution is 4.99. The summed E-state index contributed by atoms with van der Waals surface area (Å²) >= 11 is 0. The highest BCUT2D eigenvalue weighted by atomic mass is 15.2. The third-order valence-electron chi connectivity index (χ3n) is 4.10. The molecule has 1 saturated heterocycles. The summed E-state index contributed by atoms with van der Waals surface area (Å²) in [4.78, 5) is 6.97. The molecule has 1 aliphatic rings. The lowest BCUT2D eigenvalue weighted by Crippen LogP contribution is -2.40. The van der Waals surface area contributed by atoms with Crippen LogP contribution in [0.3, 0.4) is 0 Å². The Morgan fingerprint density at radius 1 is 1.42 bits per heavy atom. The third kappa shape index (κ3) is 4.05. The second kappa shape index (κ2) is 7.65. The second-order valence-corrected chi connectivity index (χ2v) is 5.59. The molecule has 1 aliphatic heterocycles. The number of imidazole rings is 1. The fourth-order valence-corrected chi connectivity index (χ4v) is 3.04. The molecule has 1 N–H and O–H groups in total. The van der Waals surface area contributed by atoms with Gasteiger partial charge in [0.1, 0.15) is 0 Å². The maximum Gasteiger partial charge on any atom is 0.0948 e. The molecule has 0 aliphatic carbocycles. The molecule has 4 heteroatoms. The van der Waals surface area contributed by atoms with Crippen molar-refractivity contribution in [2.75, 3.05) is 20.1 Å². The Balaban J connectivity index is 1.96. The quantitative estimate of drug-likeness (QED) is 0.820. The van der Waals surface area contributed by atoms with Crippen molar-refractivity contribution in [2.45, 2.75) is 58.2 Å². The fourth-order valence-electron chi connectivity index (χ4n) is 3.04. The Bertz CT molecular complexity index is 361. The first-order chi connectivity index (χ1) is 9.35. The monoisotopic (exact) mass is 264 g/mol. The summed E-state index contributed by atoms with van der Waals surface area (Å²) in [7, 11) is 2.05. The summed E-state index contributed by atoms with van der Waals surface area (Å²) in [6.45, 7) is 6.74. The Hall–Kier alpha value is -0.870. The van der Waals surface area contributed by atoms with Gasteiger partial charge in [-0.3, -0.25) is 4.90 Å². The van der Waals surface area contributed by atoms with Crippen LogP contribution in [0.5, 0.6) is 0 Å². The van der Waals surface area contributed by atoms with E-state index in [1.807, 2.05) is 19.6 Å². The Morgan fingerprint density at radius 3 is 3.11 bits per heavy atom. The van der Waals surface area contributed by atoms with Crippen LogP contribution in [-0.2, 0) is 13.1 Å². The van der Waals surface area contributed by atoms with Gasteiger partial charge in [0.15, 0.2) is 0 Å². The van der Waals surface area contributed by atoms with Gasteiger partial charge in [-0.15, -0.1) is 0 Å². The van der Waals surface area contributed by atoms with Crippen LogP contribution >= 0.6 is 0 Å². The van der Waals surface area contributed by atoms with E-state index in [-0.39, 0.29) is 0 Å². The molecule has 0 aromatic carbocycles. The van der Waals surface area contributed by atoms with Gasteiger partial charge in [-0.2, -0.15) is 0 Å². The number of hydrogen-bond donors (Lipinski definition) is 1. The molecule has 19 heavy (non-hydrogen) atoms. The van der Waals surface area contributed by atoms with Gasteiger partial charge >= 0.3 is 0 Å². The number of rotatable bonds is 7. The predicted octanol–water partition coefficient (Wildman–Crippen LogP) is 2.26. The van der Waals surface area contributed by atoms with E-state index in [2.05, 4.69) is 26.7 Å². The fraction of sp³-hybridized carbons (Fsp3) is 0.800. The smallest absolute Gasteiger partial charge is 0.0948 e. The van der Waals surface area contributed by atoms with Crippen LogP contribution in [0, 0.1) is 0 Å². The minimum atomic E-state index is 0.742. The van der Waals surface area contributed by atoms with Gasteiger partial charge in [-0.1, -0.05) is 13.3 Å². The van der Waals surface area contributed by atoms with E-state index in [4.69, 9.17) is 0 Å². The molecular formula is C15H28N4. The molecule has 0 saturated carbocycles. The largest absolute Gasteiger partial charge is 0.333 e. The first-order valence-corrected chi connectivity index (χ1v) is 7.72. The molecule has 108 valence electrons. The zero-order valence-corrected chi connectivity index (χ0v) is 12.4. The van der Waals surface area contributed by atoms with Crippen LogP contribution in [-0.4, -0.2) is 40.6 Å². The van der Waals surface area contributed by atoms with Gasteiger partial charge < -0.3 is 9.88 Å². The van der Waals surface area contributed by atoms with Gasteiger partial charge in [-0.25, -0.2) is 4.98 Å². The van der Waals surface area contributed by atoms with Gasteiger partial charge in [0, 0.05) is 25.3 Å². The van der Waals surface area contributed by atoms with Crippen LogP contribution in [0.15, 0.2) is 12.5 Å². The molecule has 1 aromatic heterocycles. The number of hydrogen-bond acceptors (Lipinski definition) is 3. The SMILES string of the molecule is CCCn1cncc1CN1CCCCC1CCNC. The summed E-state index contributed by atoms with van der Waals surface area (Å²) in [6, 6.07) is 0.742. The number of nitrogens with one attached hydrogen (secondary N) is 1. The van der Waals surface area contributed by atoms with E-state index in [0.717, 1.165) is 25.7 Å². The van der Waals surface area contributed by atoms with Crippen molar-refractivity contribution in [1.29, 1.82) is 0 Å². The van der Waals surface area contributed by atoms with Crippen LogP contribution in [0.25, 0.3) is 0 Å². The van der Waals surface area contributed by atoms with Crippen LogP contribution < -0.4 is 5.32 Å². The van der Waals surface area contributed by atoms with Crippen molar-refractivity contribution >= 4 is 0 Å². The van der Waals surface area contributed by atoms with Crippen molar-refractivity contribution in [3.05, 3.63) is 18.2 Å². The summed E-state index contributed by atoms with van der Waals surface area (Å²) in [5.74, 6) is 0. The molecule has 1 atom stereocenters. The molecule has 1 aromatic rings. The van der Waals surface area contributed by atoms with Crippen molar-refractivity contribution in [2.24, 2.45) is 0 Å². The average molecular weight is 264 g/mol. The lowest BCUT2D eigenvalue weighted by molar-refractivity contribution is 0.129. The maximum atomic E-state index is 4.32. The average Bonchev–Trinajstić information content (AvgIpc) is 2.86. The van der Waals surface area contributed by atoms with Crippen LogP contribution in [0.1, 0.15) is 44.7 Å². The molecule has 1 fully saturated rings. The minimum absolute atomic E-state index is 0.742. The summed E-state index contributed by atoms with van der Waals surface area (Å²) in [5, 5.41) is 3.28. The van der Waals surface area contributed by atoms with Gasteiger partial charge in [0.2, 0.25) is 0 Å². The zero-order valence-electron chi connectivity index (χ0n) is 12.4. The molecular weight excluding hydrogens is 236 g/mol. The number of piperidine rings is 1. The van der Waals surface area contributed by atoms with Gasteiger partial charge in [-0.05, 0) is 45.8 Å². The highest BCUT2D eigenvalue weighted by Gasteiger charge is 2.22. The first kappa shape index (κ1) is 14.5. The summed E-state index contributed by atoms with van der Waals surface area (Å²) in [5.41, 5.74) is 1.37. The maximum absolute atomic E-state index is 4.32. The summed E-state index contributed by atoms with van der Waals surface area (Å²) in [6.07, 6.45) is 10.5. The molecule has 0 amide bonds. The van der Waals surface area contributed by atoms with E-state index >= 15 is 0 Å². The molecule has 1 unspecified atom stereocenters. The van der Waals surface area contributed by atoms with E-state index in [1.165, 1.54) is 44.3 Å². The Kier molecular flexibility index (Phi) is 5.86. The standard InChI is InChI=1S/C15H28N4/c1-3-9-19-13-17-11-15(19)12-18-10-5-4-6-14(18)7-8-16-2/h11,13-14,16H,3-10,12H2,1-2H3. The van der Waals surface area contributed by atoms with Crippen molar-refractivity contribution < 1.29 is 0 Å². The van der Waals surface area contributed by atoms with Crippen LogP contribution in [0.2, 0.25) is 0 Å². The third-order valence-corrected chi connectivity index (χ3v) is 4.10. The molecule has 2 heterocycles. The number of likely N-dealkylation sites (tertiary alicyclic amines) is 1. The number of aryl methyl sites for hydroxylation is 1. The zero-order chi connectivity index (χ0) is 13.5. The molecule has 0 radical (unpaired) electrons. The summed E-state index contributed by atoms with van der Waals surface area (Å²) < 4.78 is 2.31. The molecule has 2 rings (SSSR count). The Labute approximate surface area is 117 Å². The number of nitrogens with zero attached hydrogens (tertiary/aromatic N) is 3. The normalized spacial score (nSPS) is 20.8. The van der Waals surface area contributed by atoms with Gasteiger partial charge in [0.25, 0.3) is 0 Å².